The monoisotopic (exact) mass is 497 g/mol. The Morgan fingerprint density at radius 1 is 1.18 bits per heavy atom. The fourth-order valence-electron chi connectivity index (χ4n) is 3.97. The minimum Gasteiger partial charge on any atom is -0.358 e. The van der Waals surface area contributed by atoms with Crippen molar-refractivity contribution in [3.05, 3.63) is 65.5 Å². The van der Waals surface area contributed by atoms with Gasteiger partial charge in [0.15, 0.2) is 15.6 Å². The zero-order chi connectivity index (χ0) is 25.1. The molecule has 0 N–H and O–H groups in total. The molecule has 1 aromatic carbocycles. The van der Waals surface area contributed by atoms with Crippen molar-refractivity contribution in [2.24, 2.45) is 0 Å². The number of carbonyl (C=O) groups is 1. The summed E-state index contributed by atoms with van der Waals surface area (Å²) in [5.74, 6) is -6.12. The Bertz CT molecular complexity index is 1380. The van der Waals surface area contributed by atoms with Crippen LogP contribution in [0.2, 0.25) is 0 Å². The minimum absolute atomic E-state index is 0.0223. The summed E-state index contributed by atoms with van der Waals surface area (Å²) in [5, 5.41) is 4.06. The van der Waals surface area contributed by atoms with Gasteiger partial charge in [0.1, 0.15) is 17.4 Å². The summed E-state index contributed by atoms with van der Waals surface area (Å²) in [7, 11) is -3.76. The normalized spacial score (nSPS) is 18.6. The molecule has 6 nitrogen and oxygen atoms in total. The van der Waals surface area contributed by atoms with Gasteiger partial charge in [0.2, 0.25) is 0 Å². The molecule has 182 valence electrons. The Kier molecular flexibility index (Phi) is 5.74. The second-order valence-electron chi connectivity index (χ2n) is 9.44. The van der Waals surface area contributed by atoms with Crippen molar-refractivity contribution in [3.8, 4) is 0 Å². The summed E-state index contributed by atoms with van der Waals surface area (Å²) >= 11 is 0. The standard InChI is InChI=1S/C23H23F4N3O3S/c1-22(2,3)34(32,33)12-21(31)17-11-28-30-7-6-15(9-19(17)30)29-13-23(26,27)10-20(29)16-8-14(24)4-5-18(16)25/h4-9,11,20H,10,12-13H2,1-3H3. The zero-order valence-corrected chi connectivity index (χ0v) is 19.5. The molecule has 0 aliphatic carbocycles. The Morgan fingerprint density at radius 2 is 1.88 bits per heavy atom. The molecule has 1 atom stereocenters. The van der Waals surface area contributed by atoms with Gasteiger partial charge in [0, 0.05) is 23.9 Å². The van der Waals surface area contributed by atoms with Crippen LogP contribution >= 0.6 is 0 Å². The van der Waals surface area contributed by atoms with Crippen molar-refractivity contribution in [3.63, 3.8) is 0 Å². The molecular formula is C23H23F4N3O3S. The van der Waals surface area contributed by atoms with E-state index in [-0.39, 0.29) is 22.3 Å². The number of alkyl halides is 2. The molecule has 1 aliphatic heterocycles. The summed E-state index contributed by atoms with van der Waals surface area (Å²) in [6.07, 6.45) is 1.95. The molecule has 0 radical (unpaired) electrons. The van der Waals surface area contributed by atoms with Gasteiger partial charge in [-0.2, -0.15) is 5.10 Å². The number of pyridine rings is 1. The molecule has 4 rings (SSSR count). The lowest BCUT2D eigenvalue weighted by atomic mass is 10.0. The van der Waals surface area contributed by atoms with Crippen molar-refractivity contribution < 1.29 is 30.8 Å². The molecule has 3 heterocycles. The molecule has 3 aromatic rings. The van der Waals surface area contributed by atoms with E-state index in [4.69, 9.17) is 0 Å². The van der Waals surface area contributed by atoms with Crippen LogP contribution in [0.4, 0.5) is 23.2 Å². The van der Waals surface area contributed by atoms with E-state index >= 15 is 0 Å². The van der Waals surface area contributed by atoms with Gasteiger partial charge >= 0.3 is 0 Å². The van der Waals surface area contributed by atoms with Crippen molar-refractivity contribution in [1.82, 2.24) is 9.61 Å². The van der Waals surface area contributed by atoms with Crippen LogP contribution in [0, 0.1) is 11.6 Å². The number of carbonyl (C=O) groups excluding carboxylic acids is 1. The average molecular weight is 498 g/mol. The quantitative estimate of drug-likeness (QED) is 0.381. The topological polar surface area (TPSA) is 71.7 Å². The highest BCUT2D eigenvalue weighted by Gasteiger charge is 2.46. The summed E-state index contributed by atoms with van der Waals surface area (Å²) in [5.41, 5.74) is 0.291. The van der Waals surface area contributed by atoms with Gasteiger partial charge < -0.3 is 4.90 Å². The van der Waals surface area contributed by atoms with E-state index in [2.05, 4.69) is 5.10 Å². The highest BCUT2D eigenvalue weighted by Crippen LogP contribution is 2.44. The molecule has 1 unspecified atom stereocenters. The van der Waals surface area contributed by atoms with Crippen molar-refractivity contribution >= 4 is 26.8 Å². The van der Waals surface area contributed by atoms with E-state index in [0.717, 1.165) is 18.2 Å². The fourth-order valence-corrected chi connectivity index (χ4v) is 4.90. The molecular weight excluding hydrogens is 474 g/mol. The summed E-state index contributed by atoms with van der Waals surface area (Å²) in [6, 6.07) is 4.47. The number of sulfone groups is 1. The number of halogens is 4. The molecule has 2 aromatic heterocycles. The lowest BCUT2D eigenvalue weighted by Crippen LogP contribution is -2.33. The third kappa shape index (κ3) is 4.40. The average Bonchev–Trinajstić information content (AvgIpc) is 3.28. The van der Waals surface area contributed by atoms with E-state index in [0.29, 0.717) is 0 Å². The van der Waals surface area contributed by atoms with Crippen LogP contribution < -0.4 is 4.90 Å². The molecule has 1 fully saturated rings. The van der Waals surface area contributed by atoms with Gasteiger partial charge in [0.25, 0.3) is 5.92 Å². The molecule has 11 heteroatoms. The maximum Gasteiger partial charge on any atom is 0.267 e. The lowest BCUT2D eigenvalue weighted by Gasteiger charge is -2.27. The second kappa shape index (κ2) is 8.07. The molecule has 34 heavy (non-hydrogen) atoms. The first-order chi connectivity index (χ1) is 15.7. The third-order valence-electron chi connectivity index (χ3n) is 5.98. The molecule has 0 bridgehead atoms. The Labute approximate surface area is 194 Å². The first-order valence-electron chi connectivity index (χ1n) is 10.5. The summed E-state index contributed by atoms with van der Waals surface area (Å²) in [4.78, 5) is 14.1. The number of ketones is 1. The first-order valence-corrected chi connectivity index (χ1v) is 12.2. The van der Waals surface area contributed by atoms with Gasteiger partial charge in [-0.3, -0.25) is 4.79 Å². The van der Waals surface area contributed by atoms with Crippen LogP contribution in [0.25, 0.3) is 5.52 Å². The molecule has 0 saturated carbocycles. The number of anilines is 1. The van der Waals surface area contributed by atoms with Crippen LogP contribution in [0.15, 0.2) is 42.7 Å². The maximum absolute atomic E-state index is 14.4. The van der Waals surface area contributed by atoms with Gasteiger partial charge in [0.05, 0.1) is 34.6 Å². The van der Waals surface area contributed by atoms with Crippen molar-refractivity contribution in [2.75, 3.05) is 17.2 Å². The Balaban J connectivity index is 1.75. The smallest absolute Gasteiger partial charge is 0.267 e. The number of Topliss-reactive ketones (excluding diaryl/α,β-unsaturated/α-hetero) is 1. The summed E-state index contributed by atoms with van der Waals surface area (Å²) < 4.78 is 82.2. The van der Waals surface area contributed by atoms with Gasteiger partial charge in [-0.25, -0.2) is 30.5 Å². The number of aromatic nitrogens is 2. The number of rotatable bonds is 5. The predicted octanol–water partition coefficient (Wildman–Crippen LogP) is 4.60. The van der Waals surface area contributed by atoms with Crippen LogP contribution in [-0.4, -0.2) is 46.8 Å². The van der Waals surface area contributed by atoms with Crippen LogP contribution in [0.5, 0.6) is 0 Å². The molecule has 0 spiro atoms. The Morgan fingerprint density at radius 3 is 2.56 bits per heavy atom. The van der Waals surface area contributed by atoms with E-state index in [1.54, 1.807) is 0 Å². The van der Waals surface area contributed by atoms with E-state index in [9.17, 15) is 30.8 Å². The number of hydrogen-bond acceptors (Lipinski definition) is 5. The van der Waals surface area contributed by atoms with Crippen molar-refractivity contribution in [2.45, 2.75) is 43.9 Å². The lowest BCUT2D eigenvalue weighted by molar-refractivity contribution is 0.0222. The fraction of sp³-hybridized carbons (Fsp3) is 0.391. The number of hydrogen-bond donors (Lipinski definition) is 0. The first kappa shape index (κ1) is 24.2. The van der Waals surface area contributed by atoms with Crippen LogP contribution in [0.3, 0.4) is 0 Å². The highest BCUT2D eigenvalue weighted by molar-refractivity contribution is 7.93. The van der Waals surface area contributed by atoms with Crippen LogP contribution in [-0.2, 0) is 9.84 Å². The maximum atomic E-state index is 14.4. The van der Waals surface area contributed by atoms with Gasteiger partial charge in [-0.05, 0) is 51.1 Å². The largest absolute Gasteiger partial charge is 0.358 e. The van der Waals surface area contributed by atoms with E-state index < -0.39 is 62.7 Å². The second-order valence-corrected chi connectivity index (χ2v) is 12.2. The Hall–Kier alpha value is -2.95. The van der Waals surface area contributed by atoms with E-state index in [1.165, 1.54) is 54.7 Å². The third-order valence-corrected chi connectivity index (χ3v) is 8.49. The van der Waals surface area contributed by atoms with E-state index in [1.807, 2.05) is 0 Å². The number of benzene rings is 1. The number of fused-ring (bicyclic) bond motifs is 1. The minimum atomic E-state index is -3.76. The van der Waals surface area contributed by atoms with Gasteiger partial charge in [-0.15, -0.1) is 0 Å². The van der Waals surface area contributed by atoms with Crippen LogP contribution in [0.1, 0.15) is 49.2 Å². The summed E-state index contributed by atoms with van der Waals surface area (Å²) in [6.45, 7) is 3.73. The number of nitrogens with zero attached hydrogens (tertiary/aromatic N) is 3. The predicted molar refractivity (Wildman–Crippen MR) is 119 cm³/mol. The molecule has 0 amide bonds. The van der Waals surface area contributed by atoms with Gasteiger partial charge in [-0.1, -0.05) is 0 Å². The molecule has 1 aliphatic rings. The van der Waals surface area contributed by atoms with Crippen molar-refractivity contribution in [1.29, 1.82) is 0 Å². The molecule has 1 saturated heterocycles. The SMILES string of the molecule is CC(C)(C)S(=O)(=O)CC(=O)c1cnn2ccc(N3CC(F)(F)CC3c3cc(F)ccc3F)cc12. The zero-order valence-electron chi connectivity index (χ0n) is 18.7. The highest BCUT2D eigenvalue weighted by atomic mass is 32.2.